The SMILES string of the molecule is COc1cccc(-c2ccc(CC3CCCN(C(C)=O)C3)nn2)c1. The summed E-state index contributed by atoms with van der Waals surface area (Å²) < 4.78 is 5.25. The molecular formula is C19H23N3O2. The molecule has 5 nitrogen and oxygen atoms in total. The minimum absolute atomic E-state index is 0.166. The Bertz CT molecular complexity index is 700. The molecule has 1 fully saturated rings. The first kappa shape index (κ1) is 16.4. The van der Waals surface area contributed by atoms with E-state index in [1.165, 1.54) is 0 Å². The van der Waals surface area contributed by atoms with Crippen LogP contribution in [-0.2, 0) is 11.2 Å². The number of benzene rings is 1. The third-order valence-electron chi connectivity index (χ3n) is 4.55. The van der Waals surface area contributed by atoms with Crippen molar-refractivity contribution in [3.05, 3.63) is 42.1 Å². The lowest BCUT2D eigenvalue weighted by Crippen LogP contribution is -2.39. The predicted molar refractivity (Wildman–Crippen MR) is 92.7 cm³/mol. The van der Waals surface area contributed by atoms with Gasteiger partial charge in [-0.3, -0.25) is 4.79 Å². The van der Waals surface area contributed by atoms with Gasteiger partial charge in [0.1, 0.15) is 5.75 Å². The lowest BCUT2D eigenvalue weighted by Gasteiger charge is -2.31. The zero-order chi connectivity index (χ0) is 16.9. The molecular weight excluding hydrogens is 302 g/mol. The summed E-state index contributed by atoms with van der Waals surface area (Å²) in [6, 6.07) is 11.8. The molecule has 3 rings (SSSR count). The van der Waals surface area contributed by atoms with Gasteiger partial charge in [0.2, 0.25) is 5.91 Å². The molecule has 1 amide bonds. The molecule has 1 saturated heterocycles. The van der Waals surface area contributed by atoms with Gasteiger partial charge >= 0.3 is 0 Å². The van der Waals surface area contributed by atoms with Crippen molar-refractivity contribution in [3.8, 4) is 17.0 Å². The number of likely N-dealkylation sites (tertiary alicyclic amines) is 1. The molecule has 5 heteroatoms. The van der Waals surface area contributed by atoms with E-state index >= 15 is 0 Å². The van der Waals surface area contributed by atoms with E-state index in [9.17, 15) is 4.79 Å². The van der Waals surface area contributed by atoms with Crippen molar-refractivity contribution in [1.29, 1.82) is 0 Å². The molecule has 2 heterocycles. The summed E-state index contributed by atoms with van der Waals surface area (Å²) in [4.78, 5) is 13.5. The smallest absolute Gasteiger partial charge is 0.219 e. The highest BCUT2D eigenvalue weighted by Gasteiger charge is 2.22. The molecule has 0 spiro atoms. The van der Waals surface area contributed by atoms with Gasteiger partial charge in [0.05, 0.1) is 18.5 Å². The number of nitrogens with zero attached hydrogens (tertiary/aromatic N) is 3. The fraction of sp³-hybridized carbons (Fsp3) is 0.421. The molecule has 2 aromatic rings. The van der Waals surface area contributed by atoms with E-state index in [1.54, 1.807) is 14.0 Å². The number of hydrogen-bond donors (Lipinski definition) is 0. The summed E-state index contributed by atoms with van der Waals surface area (Å²) in [5, 5.41) is 8.74. The quantitative estimate of drug-likeness (QED) is 0.867. The van der Waals surface area contributed by atoms with Crippen LogP contribution in [0.25, 0.3) is 11.3 Å². The molecule has 0 aliphatic carbocycles. The van der Waals surface area contributed by atoms with E-state index < -0.39 is 0 Å². The minimum Gasteiger partial charge on any atom is -0.497 e. The van der Waals surface area contributed by atoms with E-state index in [0.29, 0.717) is 5.92 Å². The summed E-state index contributed by atoms with van der Waals surface area (Å²) in [6.07, 6.45) is 3.08. The van der Waals surface area contributed by atoms with Gasteiger partial charge in [0.25, 0.3) is 0 Å². The predicted octanol–water partition coefficient (Wildman–Crippen LogP) is 2.95. The van der Waals surface area contributed by atoms with Crippen molar-refractivity contribution in [2.24, 2.45) is 5.92 Å². The average molecular weight is 325 g/mol. The van der Waals surface area contributed by atoms with Crippen LogP contribution in [0.1, 0.15) is 25.5 Å². The van der Waals surface area contributed by atoms with Crippen molar-refractivity contribution in [3.63, 3.8) is 0 Å². The van der Waals surface area contributed by atoms with Gasteiger partial charge in [-0.2, -0.15) is 10.2 Å². The van der Waals surface area contributed by atoms with Gasteiger partial charge < -0.3 is 9.64 Å². The molecule has 1 unspecified atom stereocenters. The van der Waals surface area contributed by atoms with Crippen LogP contribution in [0, 0.1) is 5.92 Å². The van der Waals surface area contributed by atoms with Crippen molar-refractivity contribution >= 4 is 5.91 Å². The first-order valence-electron chi connectivity index (χ1n) is 8.38. The third-order valence-corrected chi connectivity index (χ3v) is 4.55. The molecule has 1 atom stereocenters. The van der Waals surface area contributed by atoms with Crippen LogP contribution in [-0.4, -0.2) is 41.2 Å². The first-order chi connectivity index (χ1) is 11.7. The Morgan fingerprint density at radius 2 is 2.17 bits per heavy atom. The fourth-order valence-corrected chi connectivity index (χ4v) is 3.22. The second-order valence-electron chi connectivity index (χ2n) is 6.32. The van der Waals surface area contributed by atoms with Crippen molar-refractivity contribution in [2.45, 2.75) is 26.2 Å². The summed E-state index contributed by atoms with van der Waals surface area (Å²) in [7, 11) is 1.66. The molecule has 1 aliphatic rings. The standard InChI is InChI=1S/C19H23N3O2/c1-14(23)22-10-4-5-15(13-22)11-17-8-9-19(21-20-17)16-6-3-7-18(12-16)24-2/h3,6-9,12,15H,4-5,10-11,13H2,1-2H3. The maximum atomic E-state index is 11.5. The fourth-order valence-electron chi connectivity index (χ4n) is 3.22. The first-order valence-corrected chi connectivity index (χ1v) is 8.38. The number of aromatic nitrogens is 2. The Labute approximate surface area is 142 Å². The van der Waals surface area contributed by atoms with Crippen LogP contribution in [0.5, 0.6) is 5.75 Å². The second kappa shape index (κ2) is 7.43. The Balaban J connectivity index is 1.67. The molecule has 126 valence electrons. The summed E-state index contributed by atoms with van der Waals surface area (Å²) in [6.45, 7) is 3.35. The van der Waals surface area contributed by atoms with E-state index in [4.69, 9.17) is 4.74 Å². The van der Waals surface area contributed by atoms with Crippen LogP contribution < -0.4 is 4.74 Å². The van der Waals surface area contributed by atoms with E-state index in [0.717, 1.165) is 55.1 Å². The van der Waals surface area contributed by atoms with Crippen LogP contribution in [0.15, 0.2) is 36.4 Å². The summed E-state index contributed by atoms with van der Waals surface area (Å²) in [5.74, 6) is 1.45. The molecule has 0 saturated carbocycles. The van der Waals surface area contributed by atoms with Crippen LogP contribution >= 0.6 is 0 Å². The number of piperidine rings is 1. The second-order valence-corrected chi connectivity index (χ2v) is 6.32. The Morgan fingerprint density at radius 1 is 1.29 bits per heavy atom. The number of rotatable bonds is 4. The van der Waals surface area contributed by atoms with Gasteiger partial charge in [-0.15, -0.1) is 0 Å². The van der Waals surface area contributed by atoms with Gasteiger partial charge in [-0.25, -0.2) is 0 Å². The highest BCUT2D eigenvalue weighted by Crippen LogP contribution is 2.23. The largest absolute Gasteiger partial charge is 0.497 e. The molecule has 0 radical (unpaired) electrons. The molecule has 0 bridgehead atoms. The molecule has 1 aromatic carbocycles. The Morgan fingerprint density at radius 3 is 2.88 bits per heavy atom. The molecule has 1 aromatic heterocycles. The van der Waals surface area contributed by atoms with Crippen LogP contribution in [0.2, 0.25) is 0 Å². The normalized spacial score (nSPS) is 17.6. The van der Waals surface area contributed by atoms with Gasteiger partial charge in [-0.1, -0.05) is 12.1 Å². The minimum atomic E-state index is 0.166. The van der Waals surface area contributed by atoms with Crippen LogP contribution in [0.4, 0.5) is 0 Å². The monoisotopic (exact) mass is 325 g/mol. The third kappa shape index (κ3) is 3.91. The lowest BCUT2D eigenvalue weighted by molar-refractivity contribution is -0.130. The lowest BCUT2D eigenvalue weighted by atomic mass is 9.93. The number of methoxy groups -OCH3 is 1. The Hall–Kier alpha value is -2.43. The Kier molecular flexibility index (Phi) is 5.08. The highest BCUT2D eigenvalue weighted by atomic mass is 16.5. The molecule has 0 N–H and O–H groups in total. The van der Waals surface area contributed by atoms with Crippen molar-refractivity contribution in [2.75, 3.05) is 20.2 Å². The molecule has 1 aliphatic heterocycles. The highest BCUT2D eigenvalue weighted by molar-refractivity contribution is 5.73. The van der Waals surface area contributed by atoms with Crippen molar-refractivity contribution < 1.29 is 9.53 Å². The van der Waals surface area contributed by atoms with E-state index in [2.05, 4.69) is 10.2 Å². The number of carbonyl (C=O) groups excluding carboxylic acids is 1. The summed E-state index contributed by atoms with van der Waals surface area (Å²) >= 11 is 0. The zero-order valence-corrected chi connectivity index (χ0v) is 14.2. The zero-order valence-electron chi connectivity index (χ0n) is 14.2. The number of ether oxygens (including phenoxy) is 1. The maximum absolute atomic E-state index is 11.5. The van der Waals surface area contributed by atoms with Crippen LogP contribution in [0.3, 0.4) is 0 Å². The average Bonchev–Trinajstić information content (AvgIpc) is 2.62. The number of hydrogen-bond acceptors (Lipinski definition) is 4. The van der Waals surface area contributed by atoms with E-state index in [-0.39, 0.29) is 5.91 Å². The van der Waals surface area contributed by atoms with E-state index in [1.807, 2.05) is 41.3 Å². The number of carbonyl (C=O) groups is 1. The summed E-state index contributed by atoms with van der Waals surface area (Å²) in [5.41, 5.74) is 2.82. The maximum Gasteiger partial charge on any atom is 0.219 e. The van der Waals surface area contributed by atoms with Gasteiger partial charge in [0.15, 0.2) is 0 Å². The number of amides is 1. The molecule has 24 heavy (non-hydrogen) atoms. The van der Waals surface area contributed by atoms with Gasteiger partial charge in [-0.05, 0) is 49.4 Å². The van der Waals surface area contributed by atoms with Gasteiger partial charge in [0, 0.05) is 25.6 Å². The van der Waals surface area contributed by atoms with Crippen molar-refractivity contribution in [1.82, 2.24) is 15.1 Å². The topological polar surface area (TPSA) is 55.3 Å².